The van der Waals surface area contributed by atoms with Crippen molar-refractivity contribution in [3.05, 3.63) is 41.8 Å². The van der Waals surface area contributed by atoms with Gasteiger partial charge in [0.15, 0.2) is 0 Å². The number of hydrogen-bond acceptors (Lipinski definition) is 5. The minimum Gasteiger partial charge on any atom is -0.469 e. The van der Waals surface area contributed by atoms with Crippen LogP contribution in [-0.4, -0.2) is 42.0 Å². The molecule has 0 saturated carbocycles. The molecule has 1 amide bonds. The molecule has 0 unspecified atom stereocenters. The first kappa shape index (κ1) is 17.2. The third kappa shape index (κ3) is 3.90. The minimum absolute atomic E-state index is 0.0133. The zero-order valence-corrected chi connectivity index (χ0v) is 14.5. The quantitative estimate of drug-likeness (QED) is 0.799. The molecule has 2 heterocycles. The Balaban J connectivity index is 1.62. The number of carbonyl (C=O) groups is 2. The Morgan fingerprint density at radius 2 is 1.92 bits per heavy atom. The van der Waals surface area contributed by atoms with Crippen LogP contribution >= 0.6 is 0 Å². The molecular weight excluding hydrogens is 320 g/mol. The van der Waals surface area contributed by atoms with Crippen LogP contribution in [0.2, 0.25) is 0 Å². The number of benzene rings is 1. The van der Waals surface area contributed by atoms with E-state index >= 15 is 0 Å². The van der Waals surface area contributed by atoms with Gasteiger partial charge < -0.3 is 14.1 Å². The van der Waals surface area contributed by atoms with E-state index in [1.54, 1.807) is 4.90 Å². The number of rotatable bonds is 4. The topological polar surface area (TPSA) is 72.6 Å². The second-order valence-corrected chi connectivity index (χ2v) is 6.24. The lowest BCUT2D eigenvalue weighted by molar-refractivity contribution is -0.148. The molecular formula is C19H22N2O4. The standard InChI is InChI=1S/C19H22N2O4/c1-13-16(20-18(25-13)14-6-4-3-5-7-14)12-17(22)21-10-8-15(9-11-21)19(23)24-2/h3-7,15H,8-12H2,1-2H3. The van der Waals surface area contributed by atoms with E-state index in [-0.39, 0.29) is 24.2 Å². The van der Waals surface area contributed by atoms with Crippen molar-refractivity contribution in [2.24, 2.45) is 5.92 Å². The molecule has 0 spiro atoms. The van der Waals surface area contributed by atoms with E-state index < -0.39 is 0 Å². The molecule has 0 aliphatic carbocycles. The lowest BCUT2D eigenvalue weighted by atomic mass is 9.97. The molecule has 1 aliphatic rings. The molecule has 6 heteroatoms. The highest BCUT2D eigenvalue weighted by Crippen LogP contribution is 2.23. The van der Waals surface area contributed by atoms with E-state index in [4.69, 9.17) is 9.15 Å². The number of nitrogens with zero attached hydrogens (tertiary/aromatic N) is 2. The van der Waals surface area contributed by atoms with Crippen LogP contribution in [0.4, 0.5) is 0 Å². The predicted molar refractivity (Wildman–Crippen MR) is 91.7 cm³/mol. The van der Waals surface area contributed by atoms with E-state index in [0.717, 1.165) is 5.56 Å². The summed E-state index contributed by atoms with van der Waals surface area (Å²) in [6, 6.07) is 9.63. The van der Waals surface area contributed by atoms with Crippen LogP contribution in [0.5, 0.6) is 0 Å². The first-order chi connectivity index (χ1) is 12.1. The molecule has 0 bridgehead atoms. The number of carbonyl (C=O) groups excluding carboxylic acids is 2. The third-order valence-corrected chi connectivity index (χ3v) is 4.61. The number of ether oxygens (including phenoxy) is 1. The summed E-state index contributed by atoms with van der Waals surface area (Å²) >= 11 is 0. The predicted octanol–water partition coefficient (Wildman–Crippen LogP) is 2.60. The van der Waals surface area contributed by atoms with Crippen LogP contribution < -0.4 is 0 Å². The van der Waals surface area contributed by atoms with Crippen molar-refractivity contribution in [2.75, 3.05) is 20.2 Å². The van der Waals surface area contributed by atoms with Gasteiger partial charge in [0.2, 0.25) is 11.8 Å². The van der Waals surface area contributed by atoms with E-state index in [0.29, 0.717) is 43.3 Å². The second kappa shape index (κ2) is 7.51. The summed E-state index contributed by atoms with van der Waals surface area (Å²) in [4.78, 5) is 30.4. The molecule has 1 aromatic carbocycles. The number of hydrogen-bond donors (Lipinski definition) is 0. The molecule has 6 nitrogen and oxygen atoms in total. The first-order valence-electron chi connectivity index (χ1n) is 8.46. The van der Waals surface area contributed by atoms with Gasteiger partial charge in [-0.25, -0.2) is 4.98 Å². The van der Waals surface area contributed by atoms with Gasteiger partial charge in [0.1, 0.15) is 5.76 Å². The number of oxazole rings is 1. The fourth-order valence-corrected chi connectivity index (χ4v) is 3.08. The van der Waals surface area contributed by atoms with Crippen LogP contribution in [0.15, 0.2) is 34.7 Å². The molecule has 0 radical (unpaired) electrons. The fraction of sp³-hybridized carbons (Fsp3) is 0.421. The van der Waals surface area contributed by atoms with Crippen LogP contribution in [0.1, 0.15) is 24.3 Å². The Kier molecular flexibility index (Phi) is 5.16. The molecule has 0 atom stereocenters. The van der Waals surface area contributed by atoms with Gasteiger partial charge in [-0.3, -0.25) is 9.59 Å². The SMILES string of the molecule is COC(=O)C1CCN(C(=O)Cc2nc(-c3ccccc3)oc2C)CC1. The minimum atomic E-state index is -0.188. The van der Waals surface area contributed by atoms with E-state index in [9.17, 15) is 9.59 Å². The van der Waals surface area contributed by atoms with Crippen molar-refractivity contribution in [1.29, 1.82) is 0 Å². The number of esters is 1. The largest absolute Gasteiger partial charge is 0.469 e. The summed E-state index contributed by atoms with van der Waals surface area (Å²) in [6.07, 6.45) is 1.50. The van der Waals surface area contributed by atoms with Crippen LogP contribution in [-0.2, 0) is 20.7 Å². The number of likely N-dealkylation sites (tertiary alicyclic amines) is 1. The van der Waals surface area contributed by atoms with Crippen molar-refractivity contribution in [1.82, 2.24) is 9.88 Å². The smallest absolute Gasteiger partial charge is 0.308 e. The molecule has 25 heavy (non-hydrogen) atoms. The van der Waals surface area contributed by atoms with E-state index in [1.807, 2.05) is 37.3 Å². The third-order valence-electron chi connectivity index (χ3n) is 4.61. The van der Waals surface area contributed by atoms with E-state index in [2.05, 4.69) is 4.98 Å². The van der Waals surface area contributed by atoms with Crippen molar-refractivity contribution >= 4 is 11.9 Å². The highest BCUT2D eigenvalue weighted by Gasteiger charge is 2.28. The zero-order chi connectivity index (χ0) is 17.8. The van der Waals surface area contributed by atoms with Crippen molar-refractivity contribution in [2.45, 2.75) is 26.2 Å². The van der Waals surface area contributed by atoms with Gasteiger partial charge in [-0.15, -0.1) is 0 Å². The Morgan fingerprint density at radius 1 is 1.24 bits per heavy atom. The lowest BCUT2D eigenvalue weighted by Gasteiger charge is -2.30. The number of methoxy groups -OCH3 is 1. The van der Waals surface area contributed by atoms with Crippen LogP contribution in [0.3, 0.4) is 0 Å². The molecule has 1 saturated heterocycles. The van der Waals surface area contributed by atoms with E-state index in [1.165, 1.54) is 7.11 Å². The summed E-state index contributed by atoms with van der Waals surface area (Å²) in [6.45, 7) is 2.97. The fourth-order valence-electron chi connectivity index (χ4n) is 3.08. The van der Waals surface area contributed by atoms with Gasteiger partial charge >= 0.3 is 5.97 Å². The number of piperidine rings is 1. The summed E-state index contributed by atoms with van der Waals surface area (Å²) in [5.74, 6) is 0.917. The molecule has 1 aliphatic heterocycles. The van der Waals surface area contributed by atoms with Crippen LogP contribution in [0, 0.1) is 12.8 Å². The summed E-state index contributed by atoms with van der Waals surface area (Å²) in [5.41, 5.74) is 1.56. The highest BCUT2D eigenvalue weighted by atomic mass is 16.5. The van der Waals surface area contributed by atoms with Gasteiger partial charge in [0.25, 0.3) is 0 Å². The molecule has 2 aromatic rings. The first-order valence-corrected chi connectivity index (χ1v) is 8.46. The number of aromatic nitrogens is 1. The maximum absolute atomic E-state index is 12.5. The summed E-state index contributed by atoms with van der Waals surface area (Å²) in [7, 11) is 1.40. The van der Waals surface area contributed by atoms with Gasteiger partial charge in [-0.05, 0) is 31.9 Å². The van der Waals surface area contributed by atoms with Gasteiger partial charge in [0, 0.05) is 18.7 Å². The highest BCUT2D eigenvalue weighted by molar-refractivity contribution is 5.79. The second-order valence-electron chi connectivity index (χ2n) is 6.24. The Bertz CT molecular complexity index is 746. The number of amides is 1. The lowest BCUT2D eigenvalue weighted by Crippen LogP contribution is -2.41. The molecule has 1 aromatic heterocycles. The average molecular weight is 342 g/mol. The molecule has 132 valence electrons. The van der Waals surface area contributed by atoms with Gasteiger partial charge in [0.05, 0.1) is 25.1 Å². The molecule has 3 rings (SSSR count). The Labute approximate surface area is 146 Å². The number of aryl methyl sites for hydroxylation is 1. The Hall–Kier alpha value is -2.63. The zero-order valence-electron chi connectivity index (χ0n) is 14.5. The van der Waals surface area contributed by atoms with Crippen molar-refractivity contribution in [3.8, 4) is 11.5 Å². The normalized spacial score (nSPS) is 15.2. The average Bonchev–Trinajstić information content (AvgIpc) is 3.02. The van der Waals surface area contributed by atoms with Gasteiger partial charge in [-0.2, -0.15) is 0 Å². The van der Waals surface area contributed by atoms with Crippen LogP contribution in [0.25, 0.3) is 11.5 Å². The van der Waals surface area contributed by atoms with Gasteiger partial charge in [-0.1, -0.05) is 18.2 Å². The maximum Gasteiger partial charge on any atom is 0.308 e. The monoisotopic (exact) mass is 342 g/mol. The van der Waals surface area contributed by atoms with Crippen molar-refractivity contribution in [3.63, 3.8) is 0 Å². The Morgan fingerprint density at radius 3 is 2.56 bits per heavy atom. The molecule has 0 N–H and O–H groups in total. The molecule has 1 fully saturated rings. The van der Waals surface area contributed by atoms with Crippen molar-refractivity contribution < 1.29 is 18.7 Å². The summed E-state index contributed by atoms with van der Waals surface area (Å²) < 4.78 is 10.5. The maximum atomic E-state index is 12.5. The summed E-state index contributed by atoms with van der Waals surface area (Å²) in [5, 5.41) is 0.